The lowest BCUT2D eigenvalue weighted by Gasteiger charge is -2.28. The third-order valence-electron chi connectivity index (χ3n) is 4.66. The largest absolute Gasteiger partial charge is 0.512 e. The number of ether oxygens (including phenoxy) is 2. The zero-order valence-electron chi connectivity index (χ0n) is 17.1. The summed E-state index contributed by atoms with van der Waals surface area (Å²) >= 11 is 0. The molecule has 5 nitrogen and oxygen atoms in total. The number of rotatable bonds is 9. The zero-order chi connectivity index (χ0) is 21.2. The van der Waals surface area contributed by atoms with Gasteiger partial charge in [0, 0.05) is 37.3 Å². The normalized spacial score (nSPS) is 18.2. The fraction of sp³-hybridized carbons (Fsp3) is 0.240. The average molecular weight is 405 g/mol. The van der Waals surface area contributed by atoms with Gasteiger partial charge >= 0.3 is 0 Å². The van der Waals surface area contributed by atoms with Gasteiger partial charge in [-0.1, -0.05) is 42.5 Å². The number of aliphatic hydroxyl groups excluding tert-OH is 1. The predicted molar refractivity (Wildman–Crippen MR) is 119 cm³/mol. The Labute approximate surface area is 177 Å². The number of allylic oxidation sites excluding steroid dienone is 2. The average Bonchev–Trinajstić information content (AvgIpc) is 2.74. The molecule has 0 saturated carbocycles. The fourth-order valence-electron chi connectivity index (χ4n) is 3.25. The second-order valence-corrected chi connectivity index (χ2v) is 7.02. The summed E-state index contributed by atoms with van der Waals surface area (Å²) in [4.78, 5) is 12.4. The van der Waals surface area contributed by atoms with E-state index >= 15 is 0 Å². The number of carbonyl (C=O) groups excluding carboxylic acids is 1. The first-order valence-electron chi connectivity index (χ1n) is 10.1. The van der Waals surface area contributed by atoms with Crippen LogP contribution in [0.15, 0.2) is 90.7 Å². The van der Waals surface area contributed by atoms with Crippen LogP contribution in [0, 0.1) is 0 Å². The van der Waals surface area contributed by atoms with Crippen molar-refractivity contribution < 1.29 is 19.4 Å². The number of nitrogens with one attached hydrogen (secondary N) is 1. The van der Waals surface area contributed by atoms with E-state index in [1.54, 1.807) is 24.3 Å². The molecule has 2 aromatic rings. The van der Waals surface area contributed by atoms with Gasteiger partial charge in [-0.05, 0) is 42.8 Å². The molecule has 0 heterocycles. The second-order valence-electron chi connectivity index (χ2n) is 7.02. The van der Waals surface area contributed by atoms with Crippen LogP contribution in [0.3, 0.4) is 0 Å². The molecule has 1 atom stereocenters. The molecule has 0 fully saturated rings. The van der Waals surface area contributed by atoms with Gasteiger partial charge in [0.15, 0.2) is 0 Å². The van der Waals surface area contributed by atoms with E-state index < -0.39 is 5.60 Å². The Morgan fingerprint density at radius 3 is 2.80 bits per heavy atom. The van der Waals surface area contributed by atoms with Crippen molar-refractivity contribution in [3.63, 3.8) is 0 Å². The standard InChI is InChI=1S/C25H27NO4/c1-2-30-25(15-7-11-22(27)19-25)16-13-24(28)26-21-10-6-12-23(18-21)29-17-14-20-8-4-3-5-9-20/h3-13,15-16,18,27H,2,14,17,19H2,1H3,(H,26,28). The van der Waals surface area contributed by atoms with Crippen molar-refractivity contribution in [3.05, 3.63) is 96.3 Å². The maximum atomic E-state index is 12.4. The molecule has 5 heteroatoms. The summed E-state index contributed by atoms with van der Waals surface area (Å²) < 4.78 is 11.6. The minimum absolute atomic E-state index is 0.219. The van der Waals surface area contributed by atoms with Gasteiger partial charge in [0.25, 0.3) is 0 Å². The smallest absolute Gasteiger partial charge is 0.248 e. The SMILES string of the molecule is CCOC1(C=CC(=O)Nc2cccc(OCCc3ccccc3)c2)C=CC=C(O)C1. The maximum absolute atomic E-state index is 12.4. The highest BCUT2D eigenvalue weighted by Crippen LogP contribution is 2.27. The summed E-state index contributed by atoms with van der Waals surface area (Å²) in [6.07, 6.45) is 9.40. The number of aliphatic hydroxyl groups is 1. The molecule has 2 N–H and O–H groups in total. The van der Waals surface area contributed by atoms with Crippen LogP contribution in [0.25, 0.3) is 0 Å². The number of hydrogen-bond acceptors (Lipinski definition) is 4. The van der Waals surface area contributed by atoms with Crippen LogP contribution < -0.4 is 10.1 Å². The Balaban J connectivity index is 1.56. The van der Waals surface area contributed by atoms with Crippen LogP contribution in [0.5, 0.6) is 5.75 Å². The summed E-state index contributed by atoms with van der Waals surface area (Å²) in [6.45, 7) is 2.90. The highest BCUT2D eigenvalue weighted by atomic mass is 16.5. The summed E-state index contributed by atoms with van der Waals surface area (Å²) in [5.74, 6) is 0.637. The van der Waals surface area contributed by atoms with Crippen LogP contribution in [-0.4, -0.2) is 29.8 Å². The summed E-state index contributed by atoms with van der Waals surface area (Å²) in [5.41, 5.74) is 1.05. The van der Waals surface area contributed by atoms with Crippen LogP contribution in [0.1, 0.15) is 18.9 Å². The number of amides is 1. The first kappa shape index (κ1) is 21.4. The molecule has 0 spiro atoms. The summed E-state index contributed by atoms with van der Waals surface area (Å²) in [5, 5.41) is 12.7. The molecule has 30 heavy (non-hydrogen) atoms. The predicted octanol–water partition coefficient (Wildman–Crippen LogP) is 4.98. The van der Waals surface area contributed by atoms with Crippen molar-refractivity contribution >= 4 is 11.6 Å². The first-order chi connectivity index (χ1) is 14.6. The molecule has 2 aromatic carbocycles. The van der Waals surface area contributed by atoms with Crippen LogP contribution in [0.4, 0.5) is 5.69 Å². The van der Waals surface area contributed by atoms with Crippen LogP contribution in [-0.2, 0) is 16.0 Å². The van der Waals surface area contributed by atoms with Crippen LogP contribution >= 0.6 is 0 Å². The minimum Gasteiger partial charge on any atom is -0.512 e. The molecule has 3 rings (SSSR count). The van der Waals surface area contributed by atoms with Crippen molar-refractivity contribution in [1.29, 1.82) is 0 Å². The molecule has 0 aliphatic heterocycles. The summed E-state index contributed by atoms with van der Waals surface area (Å²) in [6, 6.07) is 17.5. The number of hydrogen-bond donors (Lipinski definition) is 2. The molecule has 1 aliphatic rings. The third-order valence-corrected chi connectivity index (χ3v) is 4.66. The summed E-state index contributed by atoms with van der Waals surface area (Å²) in [7, 11) is 0. The quantitative estimate of drug-likeness (QED) is 0.578. The molecule has 0 aromatic heterocycles. The molecule has 0 radical (unpaired) electrons. The Kier molecular flexibility index (Phi) is 7.46. The minimum atomic E-state index is -0.812. The van der Waals surface area contributed by atoms with Crippen molar-refractivity contribution in [2.45, 2.75) is 25.4 Å². The molecule has 1 aliphatic carbocycles. The van der Waals surface area contributed by atoms with E-state index in [0.29, 0.717) is 31.1 Å². The van der Waals surface area contributed by atoms with Crippen molar-refractivity contribution in [2.75, 3.05) is 18.5 Å². The molecule has 1 unspecified atom stereocenters. The monoisotopic (exact) mass is 405 g/mol. The Morgan fingerprint density at radius 1 is 1.20 bits per heavy atom. The van der Waals surface area contributed by atoms with Crippen molar-refractivity contribution in [3.8, 4) is 5.75 Å². The van der Waals surface area contributed by atoms with E-state index in [1.165, 1.54) is 11.6 Å². The molecule has 1 amide bonds. The van der Waals surface area contributed by atoms with E-state index in [9.17, 15) is 9.90 Å². The lowest BCUT2D eigenvalue weighted by molar-refractivity contribution is -0.112. The molecular formula is C25H27NO4. The number of anilines is 1. The van der Waals surface area contributed by atoms with Gasteiger partial charge in [-0.2, -0.15) is 0 Å². The van der Waals surface area contributed by atoms with Crippen molar-refractivity contribution in [1.82, 2.24) is 0 Å². The third kappa shape index (κ3) is 6.36. The van der Waals surface area contributed by atoms with Gasteiger partial charge in [0.1, 0.15) is 11.4 Å². The van der Waals surface area contributed by atoms with Gasteiger partial charge in [-0.25, -0.2) is 0 Å². The van der Waals surface area contributed by atoms with Gasteiger partial charge in [0.05, 0.1) is 12.4 Å². The van der Waals surface area contributed by atoms with E-state index in [1.807, 2.05) is 49.4 Å². The van der Waals surface area contributed by atoms with Gasteiger partial charge in [-0.15, -0.1) is 0 Å². The van der Waals surface area contributed by atoms with Gasteiger partial charge < -0.3 is 19.9 Å². The number of carbonyl (C=O) groups is 1. The van der Waals surface area contributed by atoms with E-state index in [0.717, 1.165) is 6.42 Å². The Hall–Kier alpha value is -3.31. The van der Waals surface area contributed by atoms with Gasteiger partial charge in [-0.3, -0.25) is 4.79 Å². The highest BCUT2D eigenvalue weighted by molar-refractivity contribution is 5.99. The molecule has 0 saturated heterocycles. The van der Waals surface area contributed by atoms with Crippen LogP contribution in [0.2, 0.25) is 0 Å². The lowest BCUT2D eigenvalue weighted by Crippen LogP contribution is -2.30. The first-order valence-corrected chi connectivity index (χ1v) is 10.1. The highest BCUT2D eigenvalue weighted by Gasteiger charge is 2.28. The maximum Gasteiger partial charge on any atom is 0.248 e. The van der Waals surface area contributed by atoms with Crippen molar-refractivity contribution in [2.24, 2.45) is 0 Å². The topological polar surface area (TPSA) is 67.8 Å². The lowest BCUT2D eigenvalue weighted by atomic mass is 9.93. The van der Waals surface area contributed by atoms with Gasteiger partial charge in [0.2, 0.25) is 5.91 Å². The van der Waals surface area contributed by atoms with E-state index in [2.05, 4.69) is 17.4 Å². The molecule has 0 bridgehead atoms. The molecule has 156 valence electrons. The zero-order valence-corrected chi connectivity index (χ0v) is 17.1. The van der Waals surface area contributed by atoms with E-state index in [4.69, 9.17) is 9.47 Å². The Morgan fingerprint density at radius 2 is 2.03 bits per heavy atom. The Bertz CT molecular complexity index is 933. The number of benzene rings is 2. The second kappa shape index (κ2) is 10.5. The van der Waals surface area contributed by atoms with E-state index in [-0.39, 0.29) is 11.7 Å². The fourth-order valence-corrected chi connectivity index (χ4v) is 3.25. The molecular weight excluding hydrogens is 378 g/mol.